The van der Waals surface area contributed by atoms with Crippen molar-refractivity contribution in [2.45, 2.75) is 5.41 Å². The summed E-state index contributed by atoms with van der Waals surface area (Å²) in [6, 6.07) is 100. The Bertz CT molecular complexity index is 3460. The normalized spacial score (nSPS) is 12.4. The van der Waals surface area contributed by atoms with Gasteiger partial charge < -0.3 is 4.90 Å². The molecule has 12 rings (SSSR count). The number of para-hydroxylation sites is 1. The molecule has 0 spiro atoms. The second-order valence-electron chi connectivity index (χ2n) is 17.2. The SMILES string of the molecule is c1ccc(-c2ccccc2-c2ccc(N(c3ccccc3-c3ccc(-c4ccc5ccccc5c4)cc3)c3cccc4c3-c3ccccc3C4(c3ccccc3)c3ccccc3)cc2)cc1. The number of hydrogen-bond donors (Lipinski definition) is 0. The monoisotopic (exact) mass is 839 g/mol. The lowest BCUT2D eigenvalue weighted by Gasteiger charge is -2.34. The summed E-state index contributed by atoms with van der Waals surface area (Å²) in [5.41, 5.74) is 19.9. The maximum Gasteiger partial charge on any atom is 0.0714 e. The van der Waals surface area contributed by atoms with Crippen LogP contribution in [0, 0.1) is 0 Å². The quantitative estimate of drug-likeness (QED) is 0.140. The van der Waals surface area contributed by atoms with Gasteiger partial charge in [-0.25, -0.2) is 0 Å². The van der Waals surface area contributed by atoms with Crippen LogP contribution < -0.4 is 4.90 Å². The van der Waals surface area contributed by atoms with Crippen molar-refractivity contribution < 1.29 is 0 Å². The molecule has 1 aliphatic rings. The Balaban J connectivity index is 1.06. The molecule has 1 heteroatoms. The number of anilines is 3. The molecule has 0 atom stereocenters. The molecule has 0 heterocycles. The van der Waals surface area contributed by atoms with E-state index in [1.165, 1.54) is 77.5 Å². The van der Waals surface area contributed by atoms with E-state index in [0.29, 0.717) is 0 Å². The maximum atomic E-state index is 2.50. The van der Waals surface area contributed by atoms with Gasteiger partial charge in [-0.1, -0.05) is 243 Å². The molecule has 0 saturated carbocycles. The van der Waals surface area contributed by atoms with Gasteiger partial charge in [-0.15, -0.1) is 0 Å². The van der Waals surface area contributed by atoms with E-state index < -0.39 is 5.41 Å². The van der Waals surface area contributed by atoms with Gasteiger partial charge in [0.25, 0.3) is 0 Å². The van der Waals surface area contributed by atoms with Crippen molar-refractivity contribution in [3.63, 3.8) is 0 Å². The van der Waals surface area contributed by atoms with Crippen molar-refractivity contribution in [2.24, 2.45) is 0 Å². The second kappa shape index (κ2) is 16.6. The summed E-state index contributed by atoms with van der Waals surface area (Å²) < 4.78 is 0. The minimum atomic E-state index is -0.529. The van der Waals surface area contributed by atoms with Crippen LogP contribution in [-0.2, 0) is 5.41 Å². The molecule has 0 saturated heterocycles. The van der Waals surface area contributed by atoms with E-state index in [1.807, 2.05) is 0 Å². The first-order chi connectivity index (χ1) is 32.8. The van der Waals surface area contributed by atoms with Gasteiger partial charge in [0, 0.05) is 16.8 Å². The van der Waals surface area contributed by atoms with E-state index in [0.717, 1.165) is 28.2 Å². The fourth-order valence-corrected chi connectivity index (χ4v) is 10.6. The van der Waals surface area contributed by atoms with Crippen molar-refractivity contribution in [3.05, 3.63) is 295 Å². The lowest BCUT2D eigenvalue weighted by atomic mass is 9.68. The number of fused-ring (bicyclic) bond motifs is 4. The molecular formula is C65H45N. The second-order valence-corrected chi connectivity index (χ2v) is 17.2. The van der Waals surface area contributed by atoms with Gasteiger partial charge in [0.15, 0.2) is 0 Å². The summed E-state index contributed by atoms with van der Waals surface area (Å²) in [7, 11) is 0. The molecule has 66 heavy (non-hydrogen) atoms. The van der Waals surface area contributed by atoms with Crippen LogP contribution in [0.2, 0.25) is 0 Å². The van der Waals surface area contributed by atoms with Crippen LogP contribution in [0.5, 0.6) is 0 Å². The average molecular weight is 840 g/mol. The van der Waals surface area contributed by atoms with Crippen LogP contribution >= 0.6 is 0 Å². The smallest absolute Gasteiger partial charge is 0.0714 e. The lowest BCUT2D eigenvalue weighted by Crippen LogP contribution is -2.28. The zero-order valence-corrected chi connectivity index (χ0v) is 36.4. The van der Waals surface area contributed by atoms with E-state index in [4.69, 9.17) is 0 Å². The van der Waals surface area contributed by atoms with E-state index in [1.54, 1.807) is 0 Å². The topological polar surface area (TPSA) is 3.24 Å². The number of rotatable bonds is 9. The molecule has 11 aromatic carbocycles. The molecule has 1 aliphatic carbocycles. The Morgan fingerprint density at radius 1 is 0.258 bits per heavy atom. The first-order valence-electron chi connectivity index (χ1n) is 22.8. The third kappa shape index (κ3) is 6.56. The number of benzene rings is 11. The molecule has 0 fully saturated rings. The highest BCUT2D eigenvalue weighted by Crippen LogP contribution is 2.60. The predicted octanol–water partition coefficient (Wildman–Crippen LogP) is 17.3. The highest BCUT2D eigenvalue weighted by atomic mass is 15.1. The molecule has 1 nitrogen and oxygen atoms in total. The van der Waals surface area contributed by atoms with Gasteiger partial charge in [-0.05, 0) is 108 Å². The molecule has 0 amide bonds. The Labute approximate surface area is 387 Å². The van der Waals surface area contributed by atoms with Gasteiger partial charge in [-0.3, -0.25) is 0 Å². The van der Waals surface area contributed by atoms with Gasteiger partial charge in [0.05, 0.1) is 16.8 Å². The zero-order valence-electron chi connectivity index (χ0n) is 36.4. The summed E-state index contributed by atoms with van der Waals surface area (Å²) >= 11 is 0. The number of hydrogen-bond acceptors (Lipinski definition) is 1. The zero-order chi connectivity index (χ0) is 43.9. The Kier molecular flexibility index (Phi) is 9.81. The standard InChI is InChI=1S/C65H45N/c1-4-20-48(21-5-1)56-27-12-13-28-57(56)49-41-43-55(44-42-49)66(62-33-17-15-29-58(62)50-38-35-47(36-39-50)52-40-37-46-19-10-11-22-51(46)45-52)63-34-18-32-61-64(63)59-30-14-16-31-60(59)65(61,53-23-6-2-7-24-53)54-25-8-3-9-26-54/h1-45H. The Morgan fingerprint density at radius 3 is 1.39 bits per heavy atom. The molecule has 0 N–H and O–H groups in total. The molecule has 0 unspecified atom stereocenters. The summed E-state index contributed by atoms with van der Waals surface area (Å²) in [6.07, 6.45) is 0. The highest BCUT2D eigenvalue weighted by Gasteiger charge is 2.47. The Hall–Kier alpha value is -8.52. The van der Waals surface area contributed by atoms with Crippen LogP contribution in [0.15, 0.2) is 273 Å². The van der Waals surface area contributed by atoms with Crippen LogP contribution in [0.25, 0.3) is 66.4 Å². The minimum absolute atomic E-state index is 0.529. The molecule has 0 aliphatic heterocycles. The fourth-order valence-electron chi connectivity index (χ4n) is 10.6. The molecule has 0 aromatic heterocycles. The number of nitrogens with zero attached hydrogens (tertiary/aromatic N) is 1. The van der Waals surface area contributed by atoms with Crippen LogP contribution in [-0.4, -0.2) is 0 Å². The molecule has 11 aromatic rings. The van der Waals surface area contributed by atoms with E-state index in [-0.39, 0.29) is 0 Å². The van der Waals surface area contributed by atoms with E-state index in [2.05, 4.69) is 278 Å². The van der Waals surface area contributed by atoms with Crippen molar-refractivity contribution in [3.8, 4) is 55.6 Å². The van der Waals surface area contributed by atoms with Gasteiger partial charge in [-0.2, -0.15) is 0 Å². The third-order valence-corrected chi connectivity index (χ3v) is 13.6. The molecule has 0 radical (unpaired) electrons. The fraction of sp³-hybridized carbons (Fsp3) is 0.0154. The van der Waals surface area contributed by atoms with Crippen molar-refractivity contribution in [2.75, 3.05) is 4.90 Å². The van der Waals surface area contributed by atoms with Crippen molar-refractivity contribution in [1.82, 2.24) is 0 Å². The van der Waals surface area contributed by atoms with Crippen molar-refractivity contribution in [1.29, 1.82) is 0 Å². The minimum Gasteiger partial charge on any atom is -0.309 e. The predicted molar refractivity (Wildman–Crippen MR) is 278 cm³/mol. The summed E-state index contributed by atoms with van der Waals surface area (Å²) in [4.78, 5) is 2.50. The first-order valence-corrected chi connectivity index (χ1v) is 22.8. The third-order valence-electron chi connectivity index (χ3n) is 13.6. The Morgan fingerprint density at radius 2 is 0.712 bits per heavy atom. The van der Waals surface area contributed by atoms with Gasteiger partial charge in [0.1, 0.15) is 0 Å². The van der Waals surface area contributed by atoms with Crippen LogP contribution in [0.1, 0.15) is 22.3 Å². The van der Waals surface area contributed by atoms with Gasteiger partial charge >= 0.3 is 0 Å². The first kappa shape index (κ1) is 39.1. The summed E-state index contributed by atoms with van der Waals surface area (Å²) in [5.74, 6) is 0. The lowest BCUT2D eigenvalue weighted by molar-refractivity contribution is 0.768. The van der Waals surface area contributed by atoms with Gasteiger partial charge in [0.2, 0.25) is 0 Å². The van der Waals surface area contributed by atoms with Crippen molar-refractivity contribution >= 4 is 27.8 Å². The summed E-state index contributed by atoms with van der Waals surface area (Å²) in [5, 5.41) is 2.50. The molecular weight excluding hydrogens is 795 g/mol. The highest BCUT2D eigenvalue weighted by molar-refractivity contribution is 6.00. The summed E-state index contributed by atoms with van der Waals surface area (Å²) in [6.45, 7) is 0. The largest absolute Gasteiger partial charge is 0.309 e. The molecule has 310 valence electrons. The van der Waals surface area contributed by atoms with Crippen LogP contribution in [0.4, 0.5) is 17.1 Å². The van der Waals surface area contributed by atoms with E-state index >= 15 is 0 Å². The molecule has 0 bridgehead atoms. The maximum absolute atomic E-state index is 2.50. The van der Waals surface area contributed by atoms with E-state index in [9.17, 15) is 0 Å². The van der Waals surface area contributed by atoms with Crippen LogP contribution in [0.3, 0.4) is 0 Å². The average Bonchev–Trinajstić information content (AvgIpc) is 3.71.